The normalized spacial score (nSPS) is 38.2. The van der Waals surface area contributed by atoms with Crippen LogP contribution in [0, 0.1) is 0 Å². The molecule has 0 amide bonds. The van der Waals surface area contributed by atoms with Crippen LogP contribution in [0.2, 0.25) is 0 Å². The van der Waals surface area contributed by atoms with E-state index in [1.807, 2.05) is 13.8 Å². The van der Waals surface area contributed by atoms with Crippen LogP contribution in [-0.4, -0.2) is 23.8 Å². The number of epoxide rings is 1. The molecule has 2 fully saturated rings. The highest BCUT2D eigenvalue weighted by Gasteiger charge is 2.57. The third kappa shape index (κ3) is 1.57. The van der Waals surface area contributed by atoms with Gasteiger partial charge in [0.05, 0.1) is 0 Å². The summed E-state index contributed by atoms with van der Waals surface area (Å²) in [7, 11) is 0. The van der Waals surface area contributed by atoms with Crippen molar-refractivity contribution in [2.24, 2.45) is 0 Å². The van der Waals surface area contributed by atoms with Gasteiger partial charge in [-0.05, 0) is 32.6 Å². The van der Waals surface area contributed by atoms with Crippen LogP contribution < -0.4 is 0 Å². The average molecular weight is 184 g/mol. The molecule has 1 saturated carbocycles. The first-order valence-electron chi connectivity index (χ1n) is 5.04. The van der Waals surface area contributed by atoms with Gasteiger partial charge < -0.3 is 9.47 Å². The Balaban J connectivity index is 1.79. The van der Waals surface area contributed by atoms with E-state index in [-0.39, 0.29) is 23.8 Å². The fourth-order valence-electron chi connectivity index (χ4n) is 1.52. The summed E-state index contributed by atoms with van der Waals surface area (Å²) < 4.78 is 10.6. The summed E-state index contributed by atoms with van der Waals surface area (Å²) in [6, 6.07) is 0. The number of hydrogen-bond acceptors (Lipinski definition) is 3. The molecule has 0 spiro atoms. The molecule has 3 heteroatoms. The number of rotatable bonds is 3. The molecule has 3 nitrogen and oxygen atoms in total. The molecule has 0 radical (unpaired) electrons. The van der Waals surface area contributed by atoms with Crippen molar-refractivity contribution in [2.45, 2.75) is 57.3 Å². The lowest BCUT2D eigenvalue weighted by atomic mass is 9.96. The zero-order valence-corrected chi connectivity index (χ0v) is 8.21. The van der Waals surface area contributed by atoms with Gasteiger partial charge in [0.15, 0.2) is 6.10 Å². The van der Waals surface area contributed by atoms with E-state index in [1.165, 1.54) is 6.42 Å². The highest BCUT2D eigenvalue weighted by molar-refractivity contribution is 5.79. The van der Waals surface area contributed by atoms with E-state index >= 15 is 0 Å². The summed E-state index contributed by atoms with van der Waals surface area (Å²) >= 11 is 0. The summed E-state index contributed by atoms with van der Waals surface area (Å²) in [6.07, 6.45) is 4.00. The average Bonchev–Trinajstić information content (AvgIpc) is 2.72. The number of carbonyl (C=O) groups excluding carboxylic acids is 1. The molecule has 13 heavy (non-hydrogen) atoms. The summed E-state index contributed by atoms with van der Waals surface area (Å²) in [6.45, 7) is 3.98. The Kier molecular flexibility index (Phi) is 2.06. The summed E-state index contributed by atoms with van der Waals surface area (Å²) in [5.74, 6) is -0.158. The van der Waals surface area contributed by atoms with E-state index in [0.717, 1.165) is 19.3 Å². The Bertz CT molecular complexity index is 222. The predicted molar refractivity (Wildman–Crippen MR) is 47.3 cm³/mol. The molecule has 0 aromatic heterocycles. The monoisotopic (exact) mass is 184 g/mol. The number of esters is 1. The number of carbonyl (C=O) groups is 1. The van der Waals surface area contributed by atoms with Crippen LogP contribution in [0.1, 0.15) is 39.5 Å². The quantitative estimate of drug-likeness (QED) is 0.494. The van der Waals surface area contributed by atoms with Gasteiger partial charge in [0.25, 0.3) is 0 Å². The molecule has 1 heterocycles. The third-order valence-electron chi connectivity index (χ3n) is 3.14. The van der Waals surface area contributed by atoms with Crippen molar-refractivity contribution in [2.75, 3.05) is 0 Å². The van der Waals surface area contributed by atoms with Gasteiger partial charge >= 0.3 is 5.97 Å². The SMILES string of the molecule is CCC1(C)OC1C(=O)OC1CCC1. The summed E-state index contributed by atoms with van der Waals surface area (Å²) in [5, 5.41) is 0. The van der Waals surface area contributed by atoms with Crippen molar-refractivity contribution in [3.8, 4) is 0 Å². The van der Waals surface area contributed by atoms with Gasteiger partial charge in [0.2, 0.25) is 0 Å². The van der Waals surface area contributed by atoms with Crippen LogP contribution in [0.15, 0.2) is 0 Å². The van der Waals surface area contributed by atoms with Crippen molar-refractivity contribution in [1.82, 2.24) is 0 Å². The van der Waals surface area contributed by atoms with Gasteiger partial charge in [-0.2, -0.15) is 0 Å². The second kappa shape index (κ2) is 2.98. The molecule has 1 aliphatic heterocycles. The van der Waals surface area contributed by atoms with Crippen LogP contribution in [0.4, 0.5) is 0 Å². The Morgan fingerprint density at radius 3 is 2.69 bits per heavy atom. The summed E-state index contributed by atoms with van der Waals surface area (Å²) in [4.78, 5) is 11.4. The molecule has 2 aliphatic rings. The molecule has 0 N–H and O–H groups in total. The van der Waals surface area contributed by atoms with Gasteiger partial charge in [-0.15, -0.1) is 0 Å². The minimum atomic E-state index is -0.293. The van der Waals surface area contributed by atoms with E-state index in [1.54, 1.807) is 0 Å². The maximum absolute atomic E-state index is 11.4. The maximum Gasteiger partial charge on any atom is 0.338 e. The van der Waals surface area contributed by atoms with Crippen molar-refractivity contribution in [3.63, 3.8) is 0 Å². The van der Waals surface area contributed by atoms with Crippen LogP contribution in [-0.2, 0) is 14.3 Å². The van der Waals surface area contributed by atoms with Gasteiger partial charge in [-0.25, -0.2) is 4.79 Å². The van der Waals surface area contributed by atoms with E-state index in [0.29, 0.717) is 0 Å². The standard InChI is InChI=1S/C10H16O3/c1-3-10(2)8(13-10)9(11)12-7-5-4-6-7/h7-8H,3-6H2,1-2H3. The highest BCUT2D eigenvalue weighted by atomic mass is 16.7. The molecule has 2 unspecified atom stereocenters. The van der Waals surface area contributed by atoms with Crippen LogP contribution >= 0.6 is 0 Å². The van der Waals surface area contributed by atoms with E-state index in [4.69, 9.17) is 9.47 Å². The van der Waals surface area contributed by atoms with Gasteiger partial charge in [0.1, 0.15) is 11.7 Å². The molecule has 1 aliphatic carbocycles. The fourth-order valence-corrected chi connectivity index (χ4v) is 1.52. The lowest BCUT2D eigenvalue weighted by Crippen LogP contribution is -2.29. The van der Waals surface area contributed by atoms with Gasteiger partial charge in [-0.1, -0.05) is 6.92 Å². The second-order valence-electron chi connectivity index (χ2n) is 4.15. The van der Waals surface area contributed by atoms with E-state index in [9.17, 15) is 4.79 Å². The van der Waals surface area contributed by atoms with E-state index in [2.05, 4.69) is 0 Å². The molecule has 0 aromatic carbocycles. The Morgan fingerprint density at radius 2 is 2.31 bits per heavy atom. The van der Waals surface area contributed by atoms with E-state index < -0.39 is 0 Å². The molecular weight excluding hydrogens is 168 g/mol. The first-order chi connectivity index (χ1) is 6.15. The predicted octanol–water partition coefficient (Wildman–Crippen LogP) is 1.65. The molecule has 0 bridgehead atoms. The molecular formula is C10H16O3. The largest absolute Gasteiger partial charge is 0.460 e. The molecule has 2 rings (SSSR count). The maximum atomic E-state index is 11.4. The first kappa shape index (κ1) is 9.00. The highest BCUT2D eigenvalue weighted by Crippen LogP contribution is 2.40. The topological polar surface area (TPSA) is 38.8 Å². The fraction of sp³-hybridized carbons (Fsp3) is 0.900. The van der Waals surface area contributed by atoms with Gasteiger partial charge in [-0.3, -0.25) is 0 Å². The molecule has 2 atom stereocenters. The minimum Gasteiger partial charge on any atom is -0.460 e. The first-order valence-corrected chi connectivity index (χ1v) is 5.04. The van der Waals surface area contributed by atoms with Gasteiger partial charge in [0, 0.05) is 0 Å². The molecule has 74 valence electrons. The number of hydrogen-bond donors (Lipinski definition) is 0. The van der Waals surface area contributed by atoms with Crippen molar-refractivity contribution in [3.05, 3.63) is 0 Å². The zero-order chi connectivity index (χ0) is 9.47. The Labute approximate surface area is 78.4 Å². The van der Waals surface area contributed by atoms with Crippen LogP contribution in [0.3, 0.4) is 0 Å². The van der Waals surface area contributed by atoms with Crippen molar-refractivity contribution in [1.29, 1.82) is 0 Å². The van der Waals surface area contributed by atoms with Crippen molar-refractivity contribution < 1.29 is 14.3 Å². The van der Waals surface area contributed by atoms with Crippen LogP contribution in [0.25, 0.3) is 0 Å². The zero-order valence-electron chi connectivity index (χ0n) is 8.21. The third-order valence-corrected chi connectivity index (χ3v) is 3.14. The Hall–Kier alpha value is -0.570. The lowest BCUT2D eigenvalue weighted by Gasteiger charge is -2.24. The second-order valence-corrected chi connectivity index (χ2v) is 4.15. The van der Waals surface area contributed by atoms with Crippen molar-refractivity contribution >= 4 is 5.97 Å². The smallest absolute Gasteiger partial charge is 0.338 e. The molecule has 0 aromatic rings. The van der Waals surface area contributed by atoms with Crippen LogP contribution in [0.5, 0.6) is 0 Å². The summed E-state index contributed by atoms with van der Waals surface area (Å²) in [5.41, 5.74) is -0.235. The number of ether oxygens (including phenoxy) is 2. The molecule has 1 saturated heterocycles. The Morgan fingerprint density at radius 1 is 1.62 bits per heavy atom. The minimum absolute atomic E-state index is 0.158. The lowest BCUT2D eigenvalue weighted by molar-refractivity contribution is -0.154.